The zero-order valence-corrected chi connectivity index (χ0v) is 17.7. The molecule has 142 valence electrons. The second-order valence-electron chi connectivity index (χ2n) is 8.22. The average Bonchev–Trinajstić information content (AvgIpc) is 2.72. The van der Waals surface area contributed by atoms with E-state index in [4.69, 9.17) is 19.3 Å². The molecule has 1 aliphatic heterocycles. The Hall–Kier alpha value is -1.05. The molecule has 1 aromatic heterocycles. The number of aliphatic hydroxyl groups excluding tert-OH is 1. The normalized spacial score (nSPS) is 27.6. The molecule has 1 saturated heterocycles. The molecule has 1 aliphatic rings. The predicted octanol–water partition coefficient (Wildman–Crippen LogP) is 1.16. The SMILES string of the molecule is C[Si](C)(C)OCC1OC(n2ccc(N)nc2=O)C(O)C1O[Si](C)(C)C. The molecule has 25 heavy (non-hydrogen) atoms. The third-order valence-electron chi connectivity index (χ3n) is 3.61. The first kappa shape index (κ1) is 20.3. The van der Waals surface area contributed by atoms with Crippen molar-refractivity contribution in [2.24, 2.45) is 0 Å². The summed E-state index contributed by atoms with van der Waals surface area (Å²) in [6.45, 7) is 12.7. The summed E-state index contributed by atoms with van der Waals surface area (Å²) in [5.74, 6) is 0.127. The Morgan fingerprint density at radius 2 is 1.92 bits per heavy atom. The summed E-state index contributed by atoms with van der Waals surface area (Å²) in [4.78, 5) is 15.8. The van der Waals surface area contributed by atoms with E-state index >= 15 is 0 Å². The second-order valence-corrected chi connectivity index (χ2v) is 17.2. The number of aromatic nitrogens is 2. The summed E-state index contributed by atoms with van der Waals surface area (Å²) in [6.07, 6.45) is -1.41. The van der Waals surface area contributed by atoms with Gasteiger partial charge in [-0.05, 0) is 45.3 Å². The third kappa shape index (κ3) is 5.46. The van der Waals surface area contributed by atoms with Crippen LogP contribution in [0.3, 0.4) is 0 Å². The number of nitrogens with zero attached hydrogens (tertiary/aromatic N) is 2. The molecule has 0 amide bonds. The fourth-order valence-corrected chi connectivity index (χ4v) is 4.36. The Kier molecular flexibility index (Phi) is 5.91. The molecule has 0 spiro atoms. The van der Waals surface area contributed by atoms with Gasteiger partial charge in [-0.2, -0.15) is 4.98 Å². The van der Waals surface area contributed by atoms with Gasteiger partial charge in [-0.3, -0.25) is 4.57 Å². The van der Waals surface area contributed by atoms with Crippen molar-refractivity contribution < 1.29 is 18.7 Å². The highest BCUT2D eigenvalue weighted by Gasteiger charge is 2.47. The number of hydrogen-bond acceptors (Lipinski definition) is 7. The summed E-state index contributed by atoms with van der Waals surface area (Å²) in [7, 11) is -3.70. The van der Waals surface area contributed by atoms with Crippen molar-refractivity contribution in [3.8, 4) is 0 Å². The molecule has 0 radical (unpaired) electrons. The maximum absolute atomic E-state index is 12.1. The summed E-state index contributed by atoms with van der Waals surface area (Å²) in [5, 5.41) is 10.8. The predicted molar refractivity (Wildman–Crippen MR) is 100 cm³/mol. The van der Waals surface area contributed by atoms with Crippen LogP contribution in [-0.2, 0) is 13.6 Å². The van der Waals surface area contributed by atoms with Gasteiger partial charge in [-0.15, -0.1) is 0 Å². The lowest BCUT2D eigenvalue weighted by Gasteiger charge is -2.29. The molecule has 1 fully saturated rings. The highest BCUT2D eigenvalue weighted by molar-refractivity contribution is 6.70. The Morgan fingerprint density at radius 3 is 2.44 bits per heavy atom. The standard InChI is InChI=1S/C15H29N3O5Si2/c1-24(2,3)21-9-10-13(23-25(4,5)6)12(19)14(22-10)18-8-7-11(16)17-15(18)20/h7-8,10,12-14,19H,9H2,1-6H3,(H2,16,17,20). The van der Waals surface area contributed by atoms with E-state index in [2.05, 4.69) is 24.6 Å². The summed E-state index contributed by atoms with van der Waals surface area (Å²) in [6, 6.07) is 1.50. The highest BCUT2D eigenvalue weighted by atomic mass is 28.4. The van der Waals surface area contributed by atoms with Crippen molar-refractivity contribution in [3.05, 3.63) is 22.7 Å². The van der Waals surface area contributed by atoms with E-state index in [-0.39, 0.29) is 5.82 Å². The molecule has 10 heteroatoms. The van der Waals surface area contributed by atoms with E-state index < -0.39 is 46.9 Å². The number of ether oxygens (including phenoxy) is 1. The van der Waals surface area contributed by atoms with Crippen LogP contribution in [0, 0.1) is 0 Å². The van der Waals surface area contributed by atoms with Crippen molar-refractivity contribution in [2.45, 2.75) is 63.8 Å². The van der Waals surface area contributed by atoms with Crippen LogP contribution in [-0.4, -0.2) is 56.2 Å². The van der Waals surface area contributed by atoms with Crippen molar-refractivity contribution in [2.75, 3.05) is 12.3 Å². The van der Waals surface area contributed by atoms with Crippen LogP contribution in [0.5, 0.6) is 0 Å². The minimum Gasteiger partial charge on any atom is -0.415 e. The van der Waals surface area contributed by atoms with Crippen molar-refractivity contribution in [3.63, 3.8) is 0 Å². The number of anilines is 1. The molecule has 4 unspecified atom stereocenters. The van der Waals surface area contributed by atoms with E-state index in [1.165, 1.54) is 16.8 Å². The lowest BCUT2D eigenvalue weighted by atomic mass is 10.1. The van der Waals surface area contributed by atoms with Gasteiger partial charge in [-0.1, -0.05) is 0 Å². The largest absolute Gasteiger partial charge is 0.415 e. The van der Waals surface area contributed by atoms with Crippen LogP contribution in [0.1, 0.15) is 6.23 Å². The maximum atomic E-state index is 12.1. The monoisotopic (exact) mass is 387 g/mol. The summed E-state index contributed by atoms with van der Waals surface area (Å²) in [5.41, 5.74) is 4.96. The summed E-state index contributed by atoms with van der Waals surface area (Å²) < 4.78 is 19.3. The lowest BCUT2D eigenvalue weighted by molar-refractivity contribution is -0.0521. The van der Waals surface area contributed by atoms with E-state index in [1.54, 1.807) is 0 Å². The highest BCUT2D eigenvalue weighted by Crippen LogP contribution is 2.33. The number of rotatable bonds is 6. The molecule has 0 bridgehead atoms. The average molecular weight is 388 g/mol. The van der Waals surface area contributed by atoms with Gasteiger partial charge in [0, 0.05) is 6.20 Å². The fourth-order valence-electron chi connectivity index (χ4n) is 2.59. The van der Waals surface area contributed by atoms with Crippen LogP contribution < -0.4 is 11.4 Å². The van der Waals surface area contributed by atoms with Gasteiger partial charge in [0.2, 0.25) is 0 Å². The van der Waals surface area contributed by atoms with E-state index in [0.29, 0.717) is 6.61 Å². The number of nitrogen functional groups attached to an aromatic ring is 1. The number of aliphatic hydroxyl groups is 1. The molecule has 2 rings (SSSR count). The summed E-state index contributed by atoms with van der Waals surface area (Å²) >= 11 is 0. The molecule has 8 nitrogen and oxygen atoms in total. The molecular weight excluding hydrogens is 358 g/mol. The van der Waals surface area contributed by atoms with E-state index in [0.717, 1.165) is 0 Å². The maximum Gasteiger partial charge on any atom is 0.351 e. The molecular formula is C15H29N3O5Si2. The zero-order valence-electron chi connectivity index (χ0n) is 15.7. The van der Waals surface area contributed by atoms with Gasteiger partial charge in [0.15, 0.2) is 22.9 Å². The topological polar surface area (TPSA) is 109 Å². The first-order valence-corrected chi connectivity index (χ1v) is 15.2. The molecule has 2 heterocycles. The molecule has 0 aromatic carbocycles. The van der Waals surface area contributed by atoms with Gasteiger partial charge < -0.3 is 24.4 Å². The van der Waals surface area contributed by atoms with Crippen LogP contribution in [0.4, 0.5) is 5.82 Å². The van der Waals surface area contributed by atoms with E-state index in [9.17, 15) is 9.90 Å². The molecule has 0 aliphatic carbocycles. The van der Waals surface area contributed by atoms with Gasteiger partial charge in [0.05, 0.1) is 6.61 Å². The van der Waals surface area contributed by atoms with Gasteiger partial charge in [-0.25, -0.2) is 4.79 Å². The fraction of sp³-hybridized carbons (Fsp3) is 0.733. The van der Waals surface area contributed by atoms with Crippen LogP contribution in [0.25, 0.3) is 0 Å². The third-order valence-corrected chi connectivity index (χ3v) is 5.62. The number of hydrogen-bond donors (Lipinski definition) is 2. The van der Waals surface area contributed by atoms with Crippen LogP contribution in [0.2, 0.25) is 39.3 Å². The smallest absolute Gasteiger partial charge is 0.351 e. The van der Waals surface area contributed by atoms with Crippen molar-refractivity contribution in [1.82, 2.24) is 9.55 Å². The van der Waals surface area contributed by atoms with Crippen molar-refractivity contribution >= 4 is 22.5 Å². The van der Waals surface area contributed by atoms with Crippen molar-refractivity contribution in [1.29, 1.82) is 0 Å². The zero-order chi connectivity index (χ0) is 19.0. The van der Waals surface area contributed by atoms with Gasteiger partial charge in [0.25, 0.3) is 0 Å². The first-order chi connectivity index (χ1) is 11.4. The Balaban J connectivity index is 2.27. The van der Waals surface area contributed by atoms with Gasteiger partial charge in [0.1, 0.15) is 24.1 Å². The van der Waals surface area contributed by atoms with Gasteiger partial charge >= 0.3 is 5.69 Å². The lowest BCUT2D eigenvalue weighted by Crippen LogP contribution is -2.45. The molecule has 3 N–H and O–H groups in total. The Bertz CT molecular complexity index is 656. The molecule has 1 aromatic rings. The molecule has 4 atom stereocenters. The molecule has 0 saturated carbocycles. The first-order valence-electron chi connectivity index (χ1n) is 8.37. The quantitative estimate of drug-likeness (QED) is 0.705. The van der Waals surface area contributed by atoms with Crippen LogP contribution >= 0.6 is 0 Å². The minimum absolute atomic E-state index is 0.127. The Labute approximate surface area is 150 Å². The minimum atomic E-state index is -1.94. The number of nitrogens with two attached hydrogens (primary N) is 1. The van der Waals surface area contributed by atoms with E-state index in [1.807, 2.05) is 19.6 Å². The van der Waals surface area contributed by atoms with Crippen LogP contribution in [0.15, 0.2) is 17.1 Å². The second kappa shape index (κ2) is 7.29. The Morgan fingerprint density at radius 1 is 1.28 bits per heavy atom.